The van der Waals surface area contributed by atoms with Gasteiger partial charge in [0.1, 0.15) is 0 Å². The molecule has 1 aromatic carbocycles. The molecule has 0 atom stereocenters. The normalized spacial score (nSPS) is 12.0. The summed E-state index contributed by atoms with van der Waals surface area (Å²) in [6.07, 6.45) is 1.61. The zero-order valence-corrected chi connectivity index (χ0v) is 12.5. The highest BCUT2D eigenvalue weighted by Gasteiger charge is 2.17. The Morgan fingerprint density at radius 1 is 1.35 bits per heavy atom. The summed E-state index contributed by atoms with van der Waals surface area (Å²) >= 11 is 3.24. The molecule has 0 aliphatic rings. The van der Waals surface area contributed by atoms with Crippen LogP contribution in [0.25, 0.3) is 0 Å². The first-order chi connectivity index (χ1) is 7.83. The molecule has 0 heterocycles. The number of halogens is 1. The van der Waals surface area contributed by atoms with E-state index < -0.39 is 9.84 Å². The van der Waals surface area contributed by atoms with Gasteiger partial charge in [0.25, 0.3) is 0 Å². The second-order valence-electron chi connectivity index (χ2n) is 4.54. The van der Waals surface area contributed by atoms with Gasteiger partial charge >= 0.3 is 0 Å². The van der Waals surface area contributed by atoms with Crippen LogP contribution in [0.2, 0.25) is 0 Å². The summed E-state index contributed by atoms with van der Waals surface area (Å²) in [7, 11) is -3.21. The van der Waals surface area contributed by atoms with Crippen LogP contribution in [-0.2, 0) is 9.84 Å². The van der Waals surface area contributed by atoms with Crippen LogP contribution in [0.5, 0.6) is 0 Å². The van der Waals surface area contributed by atoms with Gasteiger partial charge in [0.05, 0.1) is 10.6 Å². The minimum absolute atomic E-state index is 0.188. The van der Waals surface area contributed by atoms with Gasteiger partial charge in [-0.25, -0.2) is 8.42 Å². The standard InChI is InChI=1S/C12H18BrNO2S/c1-9(2)4-3-7-17(15,16)12-6-5-10(14)8-11(12)13/h5-6,8-9H,3-4,7,14H2,1-2H3. The third kappa shape index (κ3) is 4.32. The molecule has 1 rings (SSSR count). The van der Waals surface area contributed by atoms with E-state index in [1.54, 1.807) is 18.2 Å². The van der Waals surface area contributed by atoms with E-state index in [0.717, 1.165) is 6.42 Å². The maximum Gasteiger partial charge on any atom is 0.179 e. The van der Waals surface area contributed by atoms with E-state index in [0.29, 0.717) is 27.4 Å². The number of anilines is 1. The quantitative estimate of drug-likeness (QED) is 0.847. The van der Waals surface area contributed by atoms with E-state index in [1.807, 2.05) is 0 Å². The Kier molecular flexibility index (Phi) is 5.01. The molecule has 17 heavy (non-hydrogen) atoms. The van der Waals surface area contributed by atoms with Crippen LogP contribution in [0.3, 0.4) is 0 Å². The molecule has 0 aliphatic carbocycles. The van der Waals surface area contributed by atoms with Crippen molar-refractivity contribution in [3.8, 4) is 0 Å². The highest BCUT2D eigenvalue weighted by atomic mass is 79.9. The van der Waals surface area contributed by atoms with Gasteiger partial charge in [0.2, 0.25) is 0 Å². The molecule has 0 saturated heterocycles. The summed E-state index contributed by atoms with van der Waals surface area (Å²) in [6.45, 7) is 4.18. The molecule has 5 heteroatoms. The molecular formula is C12H18BrNO2S. The van der Waals surface area contributed by atoms with Crippen molar-refractivity contribution in [2.45, 2.75) is 31.6 Å². The number of sulfone groups is 1. The van der Waals surface area contributed by atoms with Crippen molar-refractivity contribution in [1.29, 1.82) is 0 Å². The number of hydrogen-bond donors (Lipinski definition) is 1. The zero-order chi connectivity index (χ0) is 13.1. The highest BCUT2D eigenvalue weighted by Crippen LogP contribution is 2.26. The van der Waals surface area contributed by atoms with Gasteiger partial charge in [-0.2, -0.15) is 0 Å². The Bertz CT molecular complexity index is 483. The number of hydrogen-bond acceptors (Lipinski definition) is 3. The third-order valence-electron chi connectivity index (χ3n) is 2.49. The Hall–Kier alpha value is -0.550. The number of nitrogens with two attached hydrogens (primary N) is 1. The molecule has 0 amide bonds. The summed E-state index contributed by atoms with van der Waals surface area (Å²) in [5.74, 6) is 0.716. The van der Waals surface area contributed by atoms with E-state index in [4.69, 9.17) is 5.73 Å². The fraction of sp³-hybridized carbons (Fsp3) is 0.500. The second kappa shape index (κ2) is 5.87. The van der Waals surface area contributed by atoms with Crippen LogP contribution in [0.1, 0.15) is 26.7 Å². The molecule has 0 radical (unpaired) electrons. The van der Waals surface area contributed by atoms with Gasteiger partial charge in [-0.3, -0.25) is 0 Å². The summed E-state index contributed by atoms with van der Waals surface area (Å²) < 4.78 is 24.7. The topological polar surface area (TPSA) is 60.2 Å². The van der Waals surface area contributed by atoms with Crippen LogP contribution in [0, 0.1) is 5.92 Å². The first kappa shape index (κ1) is 14.5. The Labute approximate surface area is 111 Å². The zero-order valence-electron chi connectivity index (χ0n) is 10.1. The van der Waals surface area contributed by atoms with Crippen LogP contribution < -0.4 is 5.73 Å². The Morgan fingerprint density at radius 2 is 2.00 bits per heavy atom. The molecule has 3 nitrogen and oxygen atoms in total. The lowest BCUT2D eigenvalue weighted by atomic mass is 10.1. The van der Waals surface area contributed by atoms with Gasteiger partial charge in [-0.1, -0.05) is 13.8 Å². The highest BCUT2D eigenvalue weighted by molar-refractivity contribution is 9.10. The van der Waals surface area contributed by atoms with Crippen LogP contribution in [-0.4, -0.2) is 14.2 Å². The van der Waals surface area contributed by atoms with Crippen molar-refractivity contribution in [2.24, 2.45) is 5.92 Å². The molecule has 0 spiro atoms. The molecule has 0 aliphatic heterocycles. The summed E-state index contributed by atoms with van der Waals surface area (Å²) in [4.78, 5) is 0.329. The molecule has 1 aromatic rings. The maximum absolute atomic E-state index is 12.1. The predicted molar refractivity (Wildman–Crippen MR) is 74.7 cm³/mol. The second-order valence-corrected chi connectivity index (χ2v) is 7.48. The van der Waals surface area contributed by atoms with E-state index >= 15 is 0 Å². The molecule has 96 valence electrons. The van der Waals surface area contributed by atoms with Crippen molar-refractivity contribution in [3.63, 3.8) is 0 Å². The first-order valence-corrected chi connectivity index (χ1v) is 8.05. The third-order valence-corrected chi connectivity index (χ3v) is 5.26. The minimum Gasteiger partial charge on any atom is -0.399 e. The van der Waals surface area contributed by atoms with E-state index in [9.17, 15) is 8.42 Å². The monoisotopic (exact) mass is 319 g/mol. The number of benzene rings is 1. The predicted octanol–water partition coefficient (Wildman–Crippen LogP) is 3.24. The maximum atomic E-state index is 12.1. The van der Waals surface area contributed by atoms with Gasteiger partial charge in [-0.15, -0.1) is 0 Å². The molecule has 0 fully saturated rings. The van der Waals surface area contributed by atoms with Crippen molar-refractivity contribution < 1.29 is 8.42 Å². The minimum atomic E-state index is -3.21. The van der Waals surface area contributed by atoms with Crippen molar-refractivity contribution in [1.82, 2.24) is 0 Å². The van der Waals surface area contributed by atoms with Crippen molar-refractivity contribution in [2.75, 3.05) is 11.5 Å². The lowest BCUT2D eigenvalue weighted by Gasteiger charge is -2.08. The Balaban J connectivity index is 2.83. The van der Waals surface area contributed by atoms with E-state index in [-0.39, 0.29) is 5.75 Å². The largest absolute Gasteiger partial charge is 0.399 e. The molecule has 0 aromatic heterocycles. The molecule has 2 N–H and O–H groups in total. The molecule has 0 unspecified atom stereocenters. The Morgan fingerprint density at radius 3 is 2.53 bits per heavy atom. The fourth-order valence-corrected chi connectivity index (χ4v) is 4.10. The average molecular weight is 320 g/mol. The molecular weight excluding hydrogens is 302 g/mol. The SMILES string of the molecule is CC(C)CCCS(=O)(=O)c1ccc(N)cc1Br. The smallest absolute Gasteiger partial charge is 0.179 e. The van der Waals surface area contributed by atoms with Crippen LogP contribution in [0.15, 0.2) is 27.6 Å². The number of nitrogen functional groups attached to an aromatic ring is 1. The summed E-state index contributed by atoms with van der Waals surface area (Å²) in [5, 5.41) is 0. The molecule has 0 saturated carbocycles. The van der Waals surface area contributed by atoms with Gasteiger partial charge in [0, 0.05) is 10.2 Å². The van der Waals surface area contributed by atoms with E-state index in [1.165, 1.54) is 0 Å². The van der Waals surface area contributed by atoms with E-state index in [2.05, 4.69) is 29.8 Å². The van der Waals surface area contributed by atoms with Crippen molar-refractivity contribution >= 4 is 31.5 Å². The lowest BCUT2D eigenvalue weighted by molar-refractivity contribution is 0.560. The average Bonchev–Trinajstić information content (AvgIpc) is 2.15. The van der Waals surface area contributed by atoms with Crippen molar-refractivity contribution in [3.05, 3.63) is 22.7 Å². The lowest BCUT2D eigenvalue weighted by Crippen LogP contribution is -2.08. The summed E-state index contributed by atoms with van der Waals surface area (Å²) in [5.41, 5.74) is 6.14. The van der Waals surface area contributed by atoms with Crippen LogP contribution >= 0.6 is 15.9 Å². The van der Waals surface area contributed by atoms with Crippen LogP contribution in [0.4, 0.5) is 5.69 Å². The number of rotatable bonds is 5. The van der Waals surface area contributed by atoms with Gasteiger partial charge < -0.3 is 5.73 Å². The van der Waals surface area contributed by atoms with Gasteiger partial charge in [0.15, 0.2) is 9.84 Å². The molecule has 0 bridgehead atoms. The summed E-state index contributed by atoms with van der Waals surface area (Å²) in [6, 6.07) is 4.79. The van der Waals surface area contributed by atoms with Gasteiger partial charge in [-0.05, 0) is 52.9 Å². The first-order valence-electron chi connectivity index (χ1n) is 5.60. The fourth-order valence-electron chi connectivity index (χ4n) is 1.56.